The number of benzene rings is 2. The molecule has 2 aromatic carbocycles. The quantitative estimate of drug-likeness (QED) is 0.192. The van der Waals surface area contributed by atoms with E-state index >= 15 is 0 Å². The molecular formula is C25H31N7O5. The predicted molar refractivity (Wildman–Crippen MR) is 136 cm³/mol. The van der Waals surface area contributed by atoms with E-state index in [1.807, 2.05) is 16.8 Å². The van der Waals surface area contributed by atoms with Crippen molar-refractivity contribution in [3.05, 3.63) is 65.9 Å². The van der Waals surface area contributed by atoms with Crippen LogP contribution in [-0.2, 0) is 22.7 Å². The number of aromatic nitrogens is 2. The van der Waals surface area contributed by atoms with Gasteiger partial charge in [-0.1, -0.05) is 30.3 Å². The Labute approximate surface area is 213 Å². The van der Waals surface area contributed by atoms with Crippen molar-refractivity contribution in [3.63, 3.8) is 0 Å². The Hall–Kier alpha value is -4.00. The molecule has 4 rings (SSSR count). The fourth-order valence-electron chi connectivity index (χ4n) is 3.94. The van der Waals surface area contributed by atoms with Crippen LogP contribution in [0.1, 0.15) is 22.3 Å². The number of hydrogen-bond donors (Lipinski definition) is 6. The molecule has 37 heavy (non-hydrogen) atoms. The molecule has 1 atom stereocenters. The van der Waals surface area contributed by atoms with Gasteiger partial charge in [-0.2, -0.15) is 5.10 Å². The van der Waals surface area contributed by atoms with Gasteiger partial charge in [0.15, 0.2) is 0 Å². The van der Waals surface area contributed by atoms with Gasteiger partial charge in [0.05, 0.1) is 11.7 Å². The average molecular weight is 510 g/mol. The van der Waals surface area contributed by atoms with Gasteiger partial charge < -0.3 is 20.5 Å². The second-order valence-corrected chi connectivity index (χ2v) is 8.60. The molecule has 0 bridgehead atoms. The van der Waals surface area contributed by atoms with Crippen LogP contribution in [0, 0.1) is 0 Å². The Morgan fingerprint density at radius 2 is 1.92 bits per heavy atom. The van der Waals surface area contributed by atoms with Crippen LogP contribution in [0.2, 0.25) is 0 Å². The van der Waals surface area contributed by atoms with Gasteiger partial charge in [-0.3, -0.25) is 25.4 Å². The first-order chi connectivity index (χ1) is 18.0. The van der Waals surface area contributed by atoms with E-state index in [-0.39, 0.29) is 19.4 Å². The Bertz CT molecular complexity index is 1210. The Balaban J connectivity index is 1.25. The van der Waals surface area contributed by atoms with Gasteiger partial charge in [0.2, 0.25) is 0 Å². The summed E-state index contributed by atoms with van der Waals surface area (Å²) >= 11 is 0. The summed E-state index contributed by atoms with van der Waals surface area (Å²) in [5.74, 6) is -1.75. The summed E-state index contributed by atoms with van der Waals surface area (Å²) < 4.78 is 6.95. The van der Waals surface area contributed by atoms with Gasteiger partial charge in [-0.15, -0.1) is 0 Å². The van der Waals surface area contributed by atoms with Gasteiger partial charge in [-0.25, -0.2) is 9.59 Å². The molecule has 1 saturated heterocycles. The number of rotatable bonds is 12. The first-order valence-electron chi connectivity index (χ1n) is 12.1. The highest BCUT2D eigenvalue weighted by atomic mass is 16.5. The number of carbonyl (C=O) groups is 3. The summed E-state index contributed by atoms with van der Waals surface area (Å²) in [5, 5.41) is 29.5. The zero-order chi connectivity index (χ0) is 26.0. The van der Waals surface area contributed by atoms with Crippen LogP contribution in [-0.4, -0.2) is 71.4 Å². The number of carbonyl (C=O) groups excluding carboxylic acids is 2. The lowest BCUT2D eigenvalue weighted by Crippen LogP contribution is -2.48. The van der Waals surface area contributed by atoms with Gasteiger partial charge in [0.25, 0.3) is 5.91 Å². The number of aliphatic carboxylic acids is 1. The van der Waals surface area contributed by atoms with Crippen LogP contribution in [0.15, 0.2) is 54.7 Å². The third kappa shape index (κ3) is 7.49. The summed E-state index contributed by atoms with van der Waals surface area (Å²) in [7, 11) is 0. The fourth-order valence-corrected chi connectivity index (χ4v) is 3.94. The topological polar surface area (TPSA) is 159 Å². The predicted octanol–water partition coefficient (Wildman–Crippen LogP) is 0.602. The van der Waals surface area contributed by atoms with Crippen LogP contribution >= 0.6 is 0 Å². The Morgan fingerprint density at radius 1 is 1.14 bits per heavy atom. The lowest BCUT2D eigenvalue weighted by molar-refractivity contribution is -0.139. The lowest BCUT2D eigenvalue weighted by atomic mass is 10.1. The van der Waals surface area contributed by atoms with Crippen molar-refractivity contribution in [2.24, 2.45) is 0 Å². The number of nitrogens with one attached hydrogen (secondary N) is 5. The molecule has 2 heterocycles. The van der Waals surface area contributed by atoms with Gasteiger partial charge in [0, 0.05) is 37.1 Å². The molecule has 0 radical (unpaired) electrons. The van der Waals surface area contributed by atoms with Crippen LogP contribution in [0.4, 0.5) is 4.79 Å². The SMILES string of the molecule is O=C(NC(CNC(=O)c1ccc2c(cnn2CCCNC2NCCN2)c1)C(=O)O)OCc1ccccc1. The van der Waals surface area contributed by atoms with Gasteiger partial charge in [0.1, 0.15) is 18.9 Å². The van der Waals surface area contributed by atoms with Gasteiger partial charge in [-0.05, 0) is 36.7 Å². The number of aryl methyl sites for hydroxylation is 1. The average Bonchev–Trinajstić information content (AvgIpc) is 3.57. The number of carboxylic acids is 1. The van der Waals surface area contributed by atoms with Crippen LogP contribution in [0.25, 0.3) is 10.9 Å². The molecule has 0 spiro atoms. The summed E-state index contributed by atoms with van der Waals surface area (Å²) in [5.41, 5.74) is 2.04. The van der Waals surface area contributed by atoms with Crippen molar-refractivity contribution in [2.45, 2.75) is 31.9 Å². The molecule has 0 saturated carbocycles. The third-order valence-corrected chi connectivity index (χ3v) is 5.89. The second-order valence-electron chi connectivity index (χ2n) is 8.60. The van der Waals surface area contributed by atoms with Crippen LogP contribution < -0.4 is 26.6 Å². The number of ether oxygens (including phenoxy) is 1. The van der Waals surface area contributed by atoms with E-state index in [1.165, 1.54) is 0 Å². The molecule has 3 aromatic rings. The monoisotopic (exact) mass is 509 g/mol. The smallest absolute Gasteiger partial charge is 0.408 e. The second kappa shape index (κ2) is 12.8. The maximum absolute atomic E-state index is 12.7. The number of carboxylic acid groups (broad SMARTS) is 1. The number of nitrogens with zero attached hydrogens (tertiary/aromatic N) is 2. The molecule has 1 aliphatic rings. The maximum atomic E-state index is 12.7. The minimum Gasteiger partial charge on any atom is -0.480 e. The zero-order valence-electron chi connectivity index (χ0n) is 20.3. The summed E-state index contributed by atoms with van der Waals surface area (Å²) in [4.78, 5) is 36.3. The molecule has 0 aliphatic carbocycles. The normalized spacial score (nSPS) is 14.4. The lowest BCUT2D eigenvalue weighted by Gasteiger charge is -2.15. The first kappa shape index (κ1) is 26.1. The number of amides is 2. The van der Waals surface area contributed by atoms with Crippen molar-refractivity contribution in [1.82, 2.24) is 36.4 Å². The summed E-state index contributed by atoms with van der Waals surface area (Å²) in [6, 6.07) is 12.9. The van der Waals surface area contributed by atoms with E-state index in [2.05, 4.69) is 31.7 Å². The molecular weight excluding hydrogens is 478 g/mol. The highest BCUT2D eigenvalue weighted by Gasteiger charge is 2.22. The summed E-state index contributed by atoms with van der Waals surface area (Å²) in [6.45, 7) is 3.15. The highest BCUT2D eigenvalue weighted by Crippen LogP contribution is 2.16. The standard InChI is InChI=1S/C25H31N7O5/c33-22(29-15-20(23(34)35)31-25(36)37-16-17-5-2-1-3-6-17)18-7-8-21-19(13-18)14-30-32(21)12-4-9-26-24-27-10-11-28-24/h1-3,5-8,13-14,20,24,26-28H,4,9-12,15-16H2,(H,29,33)(H,31,36)(H,34,35). The van der Waals surface area contributed by atoms with E-state index in [0.717, 1.165) is 49.1 Å². The van der Waals surface area contributed by atoms with E-state index in [1.54, 1.807) is 42.6 Å². The number of alkyl carbamates (subject to hydrolysis) is 1. The molecule has 1 unspecified atom stereocenters. The molecule has 6 N–H and O–H groups in total. The van der Waals surface area contributed by atoms with E-state index in [0.29, 0.717) is 5.56 Å². The largest absolute Gasteiger partial charge is 0.480 e. The molecule has 12 nitrogen and oxygen atoms in total. The Kier molecular flexibility index (Phi) is 9.03. The van der Waals surface area contributed by atoms with E-state index < -0.39 is 24.0 Å². The number of fused-ring (bicyclic) bond motifs is 1. The van der Waals surface area contributed by atoms with Crippen LogP contribution in [0.3, 0.4) is 0 Å². The minimum atomic E-state index is -1.35. The fraction of sp³-hybridized carbons (Fsp3) is 0.360. The van der Waals surface area contributed by atoms with Gasteiger partial charge >= 0.3 is 12.1 Å². The van der Waals surface area contributed by atoms with Crippen molar-refractivity contribution in [3.8, 4) is 0 Å². The Morgan fingerprint density at radius 3 is 2.68 bits per heavy atom. The van der Waals surface area contributed by atoms with Crippen molar-refractivity contribution >= 4 is 28.9 Å². The first-order valence-corrected chi connectivity index (χ1v) is 12.1. The summed E-state index contributed by atoms with van der Waals surface area (Å²) in [6.07, 6.45) is 1.84. The molecule has 1 fully saturated rings. The molecule has 1 aromatic heterocycles. The molecule has 2 amide bonds. The zero-order valence-corrected chi connectivity index (χ0v) is 20.3. The van der Waals surface area contributed by atoms with E-state index in [9.17, 15) is 19.5 Å². The molecule has 12 heteroatoms. The number of hydrogen-bond acceptors (Lipinski definition) is 8. The van der Waals surface area contributed by atoms with Crippen LogP contribution in [0.5, 0.6) is 0 Å². The maximum Gasteiger partial charge on any atom is 0.408 e. The highest BCUT2D eigenvalue weighted by molar-refractivity contribution is 5.98. The molecule has 1 aliphatic heterocycles. The van der Waals surface area contributed by atoms with E-state index in [4.69, 9.17) is 4.74 Å². The van der Waals surface area contributed by atoms with Crippen molar-refractivity contribution in [2.75, 3.05) is 26.2 Å². The van der Waals surface area contributed by atoms with Crippen molar-refractivity contribution < 1.29 is 24.2 Å². The third-order valence-electron chi connectivity index (χ3n) is 5.89. The molecule has 196 valence electrons. The minimum absolute atomic E-state index is 0.00448. The van der Waals surface area contributed by atoms with Crippen molar-refractivity contribution in [1.29, 1.82) is 0 Å².